The number of hydrogen-bond acceptors (Lipinski definition) is 4. The highest BCUT2D eigenvalue weighted by Crippen LogP contribution is 2.29. The summed E-state index contributed by atoms with van der Waals surface area (Å²) in [5.41, 5.74) is 2.42. The molecular formula is C24H23FN2O4S. The van der Waals surface area contributed by atoms with Gasteiger partial charge in [0.1, 0.15) is 18.2 Å². The normalized spacial score (nSPS) is 14.2. The van der Waals surface area contributed by atoms with Crippen molar-refractivity contribution in [2.24, 2.45) is 0 Å². The Hall–Kier alpha value is -3.23. The van der Waals surface area contributed by atoms with Crippen molar-refractivity contribution in [2.45, 2.75) is 24.9 Å². The Labute approximate surface area is 186 Å². The Morgan fingerprint density at radius 1 is 1.09 bits per heavy atom. The number of carbonyl (C=O) groups excluding carboxylic acids is 1. The molecule has 1 heterocycles. The average molecular weight is 455 g/mol. The van der Waals surface area contributed by atoms with Crippen LogP contribution >= 0.6 is 0 Å². The van der Waals surface area contributed by atoms with E-state index in [1.165, 1.54) is 16.4 Å². The molecule has 1 aliphatic rings. The average Bonchev–Trinajstić information content (AvgIpc) is 3.02. The van der Waals surface area contributed by atoms with E-state index >= 15 is 0 Å². The van der Waals surface area contributed by atoms with Gasteiger partial charge in [-0.05, 0) is 48.4 Å². The summed E-state index contributed by atoms with van der Waals surface area (Å²) in [6, 6.07) is 18.2. The minimum Gasteiger partial charge on any atom is -0.492 e. The third kappa shape index (κ3) is 4.66. The minimum atomic E-state index is -3.95. The Balaban J connectivity index is 1.57. The standard InChI is InChI=1S/C24H23FN2O4S/c1-17-7-9-21(25)14-23(17)32(29,30)27-11-12-31-22-10-8-19(13-20(22)16-27)24(28)26-15-18-5-3-2-4-6-18/h2-10,13-14H,11-12,15-16H2,1H3,(H,26,28). The maximum Gasteiger partial charge on any atom is 0.251 e. The molecule has 4 rings (SSSR count). The third-order valence-electron chi connectivity index (χ3n) is 5.33. The van der Waals surface area contributed by atoms with Gasteiger partial charge in [-0.15, -0.1) is 0 Å². The van der Waals surface area contributed by atoms with E-state index in [4.69, 9.17) is 4.74 Å². The number of nitrogens with zero attached hydrogens (tertiary/aromatic N) is 1. The lowest BCUT2D eigenvalue weighted by molar-refractivity contribution is 0.0950. The fraction of sp³-hybridized carbons (Fsp3) is 0.208. The van der Waals surface area contributed by atoms with Gasteiger partial charge < -0.3 is 10.1 Å². The van der Waals surface area contributed by atoms with Crippen molar-refractivity contribution in [3.63, 3.8) is 0 Å². The molecule has 0 atom stereocenters. The van der Waals surface area contributed by atoms with Gasteiger partial charge in [0.05, 0.1) is 4.90 Å². The molecular weight excluding hydrogens is 431 g/mol. The zero-order valence-corrected chi connectivity index (χ0v) is 18.4. The van der Waals surface area contributed by atoms with Crippen LogP contribution < -0.4 is 10.1 Å². The molecule has 0 radical (unpaired) electrons. The number of sulfonamides is 1. The lowest BCUT2D eigenvalue weighted by Crippen LogP contribution is -2.33. The molecule has 0 unspecified atom stereocenters. The Morgan fingerprint density at radius 2 is 1.88 bits per heavy atom. The molecule has 0 aromatic heterocycles. The van der Waals surface area contributed by atoms with E-state index in [1.807, 2.05) is 30.3 Å². The second-order valence-electron chi connectivity index (χ2n) is 7.59. The first-order chi connectivity index (χ1) is 15.3. The van der Waals surface area contributed by atoms with Crippen LogP contribution in [0.15, 0.2) is 71.6 Å². The molecule has 3 aromatic rings. The van der Waals surface area contributed by atoms with Crippen LogP contribution in [0.2, 0.25) is 0 Å². The van der Waals surface area contributed by atoms with E-state index < -0.39 is 15.8 Å². The molecule has 0 spiro atoms. The van der Waals surface area contributed by atoms with Gasteiger partial charge in [0.2, 0.25) is 10.0 Å². The molecule has 32 heavy (non-hydrogen) atoms. The first-order valence-corrected chi connectivity index (χ1v) is 11.6. The number of carbonyl (C=O) groups is 1. The highest BCUT2D eigenvalue weighted by molar-refractivity contribution is 7.89. The van der Waals surface area contributed by atoms with Crippen molar-refractivity contribution >= 4 is 15.9 Å². The van der Waals surface area contributed by atoms with Crippen LogP contribution in [0.1, 0.15) is 27.0 Å². The largest absolute Gasteiger partial charge is 0.492 e. The molecule has 1 N–H and O–H groups in total. The van der Waals surface area contributed by atoms with Crippen LogP contribution in [0.5, 0.6) is 5.75 Å². The molecule has 0 bridgehead atoms. The third-order valence-corrected chi connectivity index (χ3v) is 7.32. The number of hydrogen-bond donors (Lipinski definition) is 1. The molecule has 0 fully saturated rings. The fourth-order valence-corrected chi connectivity index (χ4v) is 5.23. The van der Waals surface area contributed by atoms with Crippen molar-refractivity contribution < 1.29 is 22.3 Å². The Morgan fingerprint density at radius 3 is 2.66 bits per heavy atom. The van der Waals surface area contributed by atoms with Gasteiger partial charge in [0.25, 0.3) is 5.91 Å². The smallest absolute Gasteiger partial charge is 0.251 e. The number of halogens is 1. The highest BCUT2D eigenvalue weighted by Gasteiger charge is 2.29. The minimum absolute atomic E-state index is 0.0213. The lowest BCUT2D eigenvalue weighted by Gasteiger charge is -2.21. The molecule has 8 heteroatoms. The maximum atomic E-state index is 13.7. The summed E-state index contributed by atoms with van der Waals surface area (Å²) in [4.78, 5) is 12.6. The number of nitrogens with one attached hydrogen (secondary N) is 1. The molecule has 0 saturated heterocycles. The predicted octanol–water partition coefficient (Wildman–Crippen LogP) is 3.65. The summed E-state index contributed by atoms with van der Waals surface area (Å²) >= 11 is 0. The second kappa shape index (κ2) is 9.10. The SMILES string of the molecule is Cc1ccc(F)cc1S(=O)(=O)N1CCOc2ccc(C(=O)NCc3ccccc3)cc2C1. The number of fused-ring (bicyclic) bond motifs is 1. The second-order valence-corrected chi connectivity index (χ2v) is 9.49. The highest BCUT2D eigenvalue weighted by atomic mass is 32.2. The lowest BCUT2D eigenvalue weighted by atomic mass is 10.1. The molecule has 166 valence electrons. The molecule has 1 amide bonds. The molecule has 1 aliphatic heterocycles. The van der Waals surface area contributed by atoms with Crippen molar-refractivity contribution in [2.75, 3.05) is 13.2 Å². The summed E-state index contributed by atoms with van der Waals surface area (Å²) in [5.74, 6) is -0.354. The summed E-state index contributed by atoms with van der Waals surface area (Å²) in [7, 11) is -3.95. The van der Waals surface area contributed by atoms with Crippen LogP contribution in [0.4, 0.5) is 4.39 Å². The number of ether oxygens (including phenoxy) is 1. The first kappa shape index (κ1) is 22.0. The van der Waals surface area contributed by atoms with Crippen LogP contribution in [-0.2, 0) is 23.1 Å². The number of amides is 1. The zero-order chi connectivity index (χ0) is 22.7. The maximum absolute atomic E-state index is 13.7. The Kier molecular flexibility index (Phi) is 6.25. The van der Waals surface area contributed by atoms with Crippen molar-refractivity contribution in [3.05, 3.63) is 94.8 Å². The van der Waals surface area contributed by atoms with Gasteiger partial charge in [-0.1, -0.05) is 36.4 Å². The number of benzene rings is 3. The van der Waals surface area contributed by atoms with E-state index in [0.29, 0.717) is 29.0 Å². The summed E-state index contributed by atoms with van der Waals surface area (Å²) < 4.78 is 47.2. The van der Waals surface area contributed by atoms with E-state index in [0.717, 1.165) is 11.6 Å². The topological polar surface area (TPSA) is 75.7 Å². The van der Waals surface area contributed by atoms with Gasteiger partial charge in [-0.3, -0.25) is 4.79 Å². The summed E-state index contributed by atoms with van der Waals surface area (Å²) in [6.45, 7) is 2.30. The fourth-order valence-electron chi connectivity index (χ4n) is 3.59. The summed E-state index contributed by atoms with van der Waals surface area (Å²) in [6.07, 6.45) is 0. The monoisotopic (exact) mass is 454 g/mol. The number of rotatable bonds is 5. The van der Waals surface area contributed by atoms with E-state index in [9.17, 15) is 17.6 Å². The molecule has 6 nitrogen and oxygen atoms in total. The van der Waals surface area contributed by atoms with Crippen molar-refractivity contribution in [3.8, 4) is 5.75 Å². The quantitative estimate of drug-likeness (QED) is 0.639. The van der Waals surface area contributed by atoms with Crippen LogP contribution in [0.3, 0.4) is 0 Å². The first-order valence-electron chi connectivity index (χ1n) is 10.2. The van der Waals surface area contributed by atoms with Gasteiger partial charge in [0, 0.05) is 30.8 Å². The molecule has 0 aliphatic carbocycles. The number of aryl methyl sites for hydroxylation is 1. The van der Waals surface area contributed by atoms with E-state index in [1.54, 1.807) is 25.1 Å². The van der Waals surface area contributed by atoms with Crippen LogP contribution in [0.25, 0.3) is 0 Å². The van der Waals surface area contributed by atoms with Crippen molar-refractivity contribution in [1.82, 2.24) is 9.62 Å². The van der Waals surface area contributed by atoms with Gasteiger partial charge >= 0.3 is 0 Å². The van der Waals surface area contributed by atoms with Crippen LogP contribution in [-0.4, -0.2) is 31.8 Å². The van der Waals surface area contributed by atoms with E-state index in [-0.39, 0.29) is 30.5 Å². The van der Waals surface area contributed by atoms with E-state index in [2.05, 4.69) is 5.32 Å². The molecule has 0 saturated carbocycles. The molecule has 3 aromatic carbocycles. The van der Waals surface area contributed by atoms with Crippen LogP contribution in [0, 0.1) is 12.7 Å². The van der Waals surface area contributed by atoms with Gasteiger partial charge in [0.15, 0.2) is 0 Å². The zero-order valence-electron chi connectivity index (χ0n) is 17.5. The summed E-state index contributed by atoms with van der Waals surface area (Å²) in [5, 5.41) is 2.87. The van der Waals surface area contributed by atoms with Gasteiger partial charge in [-0.25, -0.2) is 12.8 Å². The van der Waals surface area contributed by atoms with Gasteiger partial charge in [-0.2, -0.15) is 4.31 Å². The van der Waals surface area contributed by atoms with Crippen molar-refractivity contribution in [1.29, 1.82) is 0 Å². The Bertz CT molecular complexity index is 1250. The predicted molar refractivity (Wildman–Crippen MR) is 118 cm³/mol.